The van der Waals surface area contributed by atoms with Crippen LogP contribution < -0.4 is 5.32 Å². The summed E-state index contributed by atoms with van der Waals surface area (Å²) in [7, 11) is 0. The number of nitrogens with one attached hydrogen (secondary N) is 1. The molecule has 0 amide bonds. The molecule has 0 spiro atoms. The van der Waals surface area contributed by atoms with Gasteiger partial charge in [0, 0.05) is 23.9 Å². The van der Waals surface area contributed by atoms with Crippen LogP contribution in [0.25, 0.3) is 0 Å². The molecule has 1 N–H and O–H groups in total. The first kappa shape index (κ1) is 14.8. The summed E-state index contributed by atoms with van der Waals surface area (Å²) in [6.07, 6.45) is 5.00. The first-order chi connectivity index (χ1) is 9.47. The molecule has 1 fully saturated rings. The fraction of sp³-hybridized carbons (Fsp3) is 0.625. The van der Waals surface area contributed by atoms with Crippen LogP contribution in [0.1, 0.15) is 45.1 Å². The second-order valence-corrected chi connectivity index (χ2v) is 6.27. The van der Waals surface area contributed by atoms with E-state index < -0.39 is 0 Å². The molecule has 1 aliphatic carbocycles. The van der Waals surface area contributed by atoms with Gasteiger partial charge in [0.25, 0.3) is 5.69 Å². The third kappa shape index (κ3) is 3.50. The van der Waals surface area contributed by atoms with Crippen molar-refractivity contribution in [2.45, 2.75) is 52.5 Å². The maximum absolute atomic E-state index is 10.8. The second-order valence-electron chi connectivity index (χ2n) is 6.27. The van der Waals surface area contributed by atoms with Gasteiger partial charge in [-0.1, -0.05) is 26.7 Å². The van der Waals surface area contributed by atoms with E-state index in [1.165, 1.54) is 25.7 Å². The number of nitrogens with zero attached hydrogens (tertiary/aromatic N) is 1. The van der Waals surface area contributed by atoms with Crippen molar-refractivity contribution < 1.29 is 4.92 Å². The average molecular weight is 276 g/mol. The fourth-order valence-corrected chi connectivity index (χ4v) is 3.11. The van der Waals surface area contributed by atoms with Crippen LogP contribution in [0.2, 0.25) is 0 Å². The standard InChI is InChI=1S/C16H24N2O2/c1-11(2)13-5-4-6-14(10-13)17-16-8-7-15(18(19)20)9-12(16)3/h7-9,11,13-14,17H,4-6,10H2,1-3H3. The molecule has 1 aliphatic rings. The molecule has 1 aromatic rings. The molecule has 1 saturated carbocycles. The summed E-state index contributed by atoms with van der Waals surface area (Å²) in [5.74, 6) is 1.53. The smallest absolute Gasteiger partial charge is 0.269 e. The molecule has 2 unspecified atom stereocenters. The second kappa shape index (κ2) is 6.25. The number of hydrogen-bond acceptors (Lipinski definition) is 3. The molecule has 4 nitrogen and oxygen atoms in total. The molecule has 20 heavy (non-hydrogen) atoms. The van der Waals surface area contributed by atoms with Crippen LogP contribution in [0.4, 0.5) is 11.4 Å². The van der Waals surface area contributed by atoms with Gasteiger partial charge in [-0.25, -0.2) is 0 Å². The lowest BCUT2D eigenvalue weighted by molar-refractivity contribution is -0.384. The molecule has 4 heteroatoms. The Balaban J connectivity index is 2.04. The molecule has 0 heterocycles. The van der Waals surface area contributed by atoms with E-state index in [9.17, 15) is 10.1 Å². The quantitative estimate of drug-likeness (QED) is 0.649. The first-order valence-electron chi connectivity index (χ1n) is 7.49. The number of aryl methyl sites for hydroxylation is 1. The summed E-state index contributed by atoms with van der Waals surface area (Å²) >= 11 is 0. The number of non-ortho nitro benzene ring substituents is 1. The van der Waals surface area contributed by atoms with Gasteiger partial charge in [-0.15, -0.1) is 0 Å². The third-order valence-electron chi connectivity index (χ3n) is 4.44. The van der Waals surface area contributed by atoms with E-state index in [0.717, 1.165) is 23.1 Å². The van der Waals surface area contributed by atoms with E-state index in [1.54, 1.807) is 12.1 Å². The van der Waals surface area contributed by atoms with Crippen molar-refractivity contribution in [1.82, 2.24) is 0 Å². The summed E-state index contributed by atoms with van der Waals surface area (Å²) in [5.41, 5.74) is 2.15. The average Bonchev–Trinajstić information content (AvgIpc) is 2.41. The summed E-state index contributed by atoms with van der Waals surface area (Å²) in [6.45, 7) is 6.52. The van der Waals surface area contributed by atoms with Crippen molar-refractivity contribution in [3.8, 4) is 0 Å². The van der Waals surface area contributed by atoms with E-state index in [-0.39, 0.29) is 10.6 Å². The van der Waals surface area contributed by atoms with E-state index in [0.29, 0.717) is 6.04 Å². The Morgan fingerprint density at radius 1 is 1.35 bits per heavy atom. The molecular weight excluding hydrogens is 252 g/mol. The van der Waals surface area contributed by atoms with E-state index >= 15 is 0 Å². The Morgan fingerprint density at radius 2 is 2.10 bits per heavy atom. The predicted molar refractivity (Wildman–Crippen MR) is 82.0 cm³/mol. The highest BCUT2D eigenvalue weighted by atomic mass is 16.6. The summed E-state index contributed by atoms with van der Waals surface area (Å²) in [6, 6.07) is 5.56. The van der Waals surface area contributed by atoms with Gasteiger partial charge in [-0.05, 0) is 43.2 Å². The zero-order chi connectivity index (χ0) is 14.7. The highest BCUT2D eigenvalue weighted by Crippen LogP contribution is 2.32. The summed E-state index contributed by atoms with van der Waals surface area (Å²) in [5, 5.41) is 14.3. The molecule has 1 aromatic carbocycles. The van der Waals surface area contributed by atoms with Gasteiger partial charge in [0.2, 0.25) is 0 Å². The van der Waals surface area contributed by atoms with Gasteiger partial charge in [-0.2, -0.15) is 0 Å². The van der Waals surface area contributed by atoms with Crippen LogP contribution in [0.15, 0.2) is 18.2 Å². The Labute approximate surface area is 120 Å². The Morgan fingerprint density at radius 3 is 2.70 bits per heavy atom. The van der Waals surface area contributed by atoms with Gasteiger partial charge in [-0.3, -0.25) is 10.1 Å². The van der Waals surface area contributed by atoms with Gasteiger partial charge < -0.3 is 5.32 Å². The van der Waals surface area contributed by atoms with Gasteiger partial charge in [0.05, 0.1) is 4.92 Å². The topological polar surface area (TPSA) is 55.2 Å². The van der Waals surface area contributed by atoms with Crippen molar-refractivity contribution in [2.24, 2.45) is 11.8 Å². The molecule has 0 bridgehead atoms. The monoisotopic (exact) mass is 276 g/mol. The molecule has 2 rings (SSSR count). The van der Waals surface area contributed by atoms with Gasteiger partial charge in [0.1, 0.15) is 0 Å². The van der Waals surface area contributed by atoms with Gasteiger partial charge >= 0.3 is 0 Å². The summed E-state index contributed by atoms with van der Waals surface area (Å²) in [4.78, 5) is 10.4. The number of anilines is 1. The maximum Gasteiger partial charge on any atom is 0.269 e. The van der Waals surface area contributed by atoms with Crippen LogP contribution in [0.5, 0.6) is 0 Å². The maximum atomic E-state index is 10.8. The highest BCUT2D eigenvalue weighted by Gasteiger charge is 2.24. The van der Waals surface area contributed by atoms with E-state index in [4.69, 9.17) is 0 Å². The minimum Gasteiger partial charge on any atom is -0.382 e. The van der Waals surface area contributed by atoms with Crippen LogP contribution in [0.3, 0.4) is 0 Å². The van der Waals surface area contributed by atoms with Crippen LogP contribution in [-0.4, -0.2) is 11.0 Å². The third-order valence-corrected chi connectivity index (χ3v) is 4.44. The zero-order valence-corrected chi connectivity index (χ0v) is 12.6. The lowest BCUT2D eigenvalue weighted by Gasteiger charge is -2.33. The number of rotatable bonds is 4. The number of nitro groups is 1. The van der Waals surface area contributed by atoms with Crippen molar-refractivity contribution in [2.75, 3.05) is 5.32 Å². The first-order valence-corrected chi connectivity index (χ1v) is 7.49. The Kier molecular flexibility index (Phi) is 4.63. The van der Waals surface area contributed by atoms with Crippen LogP contribution in [-0.2, 0) is 0 Å². The SMILES string of the molecule is Cc1cc([N+](=O)[O-])ccc1NC1CCCC(C(C)C)C1. The molecule has 110 valence electrons. The Bertz CT molecular complexity index is 485. The lowest BCUT2D eigenvalue weighted by atomic mass is 9.79. The van der Waals surface area contributed by atoms with E-state index in [2.05, 4.69) is 19.2 Å². The Hall–Kier alpha value is -1.58. The highest BCUT2D eigenvalue weighted by molar-refractivity contribution is 5.55. The largest absolute Gasteiger partial charge is 0.382 e. The number of hydrogen-bond donors (Lipinski definition) is 1. The van der Waals surface area contributed by atoms with E-state index in [1.807, 2.05) is 13.0 Å². The van der Waals surface area contributed by atoms with Crippen molar-refractivity contribution in [1.29, 1.82) is 0 Å². The fourth-order valence-electron chi connectivity index (χ4n) is 3.11. The molecule has 2 atom stereocenters. The zero-order valence-electron chi connectivity index (χ0n) is 12.6. The van der Waals surface area contributed by atoms with Crippen LogP contribution in [0, 0.1) is 28.9 Å². The van der Waals surface area contributed by atoms with Crippen molar-refractivity contribution in [3.63, 3.8) is 0 Å². The summed E-state index contributed by atoms with van der Waals surface area (Å²) < 4.78 is 0. The van der Waals surface area contributed by atoms with Gasteiger partial charge in [0.15, 0.2) is 0 Å². The lowest BCUT2D eigenvalue weighted by Crippen LogP contribution is -2.29. The minimum absolute atomic E-state index is 0.164. The van der Waals surface area contributed by atoms with Crippen molar-refractivity contribution >= 4 is 11.4 Å². The van der Waals surface area contributed by atoms with Crippen LogP contribution >= 0.6 is 0 Å². The molecule has 0 saturated heterocycles. The molecule has 0 radical (unpaired) electrons. The molecule has 0 aliphatic heterocycles. The molecule has 0 aromatic heterocycles. The van der Waals surface area contributed by atoms with Crippen molar-refractivity contribution in [3.05, 3.63) is 33.9 Å². The predicted octanol–water partition coefficient (Wildman–Crippen LogP) is 4.53. The number of benzene rings is 1. The minimum atomic E-state index is -0.341. The number of nitro benzene ring substituents is 1. The molecular formula is C16H24N2O2. The normalized spacial score (nSPS) is 22.8.